The van der Waals surface area contributed by atoms with Crippen molar-refractivity contribution in [3.05, 3.63) is 88.2 Å². The van der Waals surface area contributed by atoms with Gasteiger partial charge >= 0.3 is 0 Å². The number of carbonyl (C=O) groups excluding carboxylic acids is 1. The molecule has 150 valence electrons. The fourth-order valence-electron chi connectivity index (χ4n) is 2.73. The lowest BCUT2D eigenvalue weighted by Gasteiger charge is -2.13. The van der Waals surface area contributed by atoms with Gasteiger partial charge in [0.25, 0.3) is 15.9 Å². The molecule has 0 heterocycles. The predicted molar refractivity (Wildman–Crippen MR) is 113 cm³/mol. The molecule has 8 heteroatoms. The second-order valence-corrected chi connectivity index (χ2v) is 8.60. The Balaban J connectivity index is 1.88. The number of aryl methyl sites for hydroxylation is 2. The molecule has 0 aliphatic rings. The molecule has 0 spiro atoms. The third-order valence-electron chi connectivity index (χ3n) is 4.19. The zero-order valence-corrected chi connectivity index (χ0v) is 17.2. The van der Waals surface area contributed by atoms with Gasteiger partial charge in [0.2, 0.25) is 0 Å². The van der Waals surface area contributed by atoms with Crippen LogP contribution >= 0.6 is 11.6 Å². The van der Waals surface area contributed by atoms with Gasteiger partial charge in [0.15, 0.2) is 0 Å². The molecular weight excluding hydrogens is 415 g/mol. The second-order valence-electron chi connectivity index (χ2n) is 6.54. The molecule has 0 fully saturated rings. The average molecular weight is 433 g/mol. The van der Waals surface area contributed by atoms with E-state index in [4.69, 9.17) is 11.6 Å². The SMILES string of the molecule is Cc1cccc(NS(=O)(=O)c2cc(C(=O)Nc3ccc(F)c(Cl)c3)ccc2C)c1. The molecule has 0 aromatic heterocycles. The number of rotatable bonds is 5. The number of sulfonamides is 1. The lowest BCUT2D eigenvalue weighted by molar-refractivity contribution is 0.102. The normalized spacial score (nSPS) is 11.2. The zero-order valence-electron chi connectivity index (χ0n) is 15.7. The van der Waals surface area contributed by atoms with Crippen LogP contribution in [0.2, 0.25) is 5.02 Å². The van der Waals surface area contributed by atoms with Crippen LogP contribution in [0.25, 0.3) is 0 Å². The van der Waals surface area contributed by atoms with E-state index in [1.165, 1.54) is 24.3 Å². The van der Waals surface area contributed by atoms with E-state index in [0.29, 0.717) is 16.9 Å². The van der Waals surface area contributed by atoms with Crippen molar-refractivity contribution in [2.45, 2.75) is 18.7 Å². The molecule has 0 unspecified atom stereocenters. The summed E-state index contributed by atoms with van der Waals surface area (Å²) in [5, 5.41) is 2.45. The van der Waals surface area contributed by atoms with Crippen LogP contribution < -0.4 is 10.0 Å². The van der Waals surface area contributed by atoms with Gasteiger partial charge in [-0.05, 0) is 67.4 Å². The molecule has 0 saturated heterocycles. The minimum absolute atomic E-state index is 0.0104. The van der Waals surface area contributed by atoms with Crippen LogP contribution in [0.5, 0.6) is 0 Å². The van der Waals surface area contributed by atoms with Crippen molar-refractivity contribution in [1.29, 1.82) is 0 Å². The highest BCUT2D eigenvalue weighted by molar-refractivity contribution is 7.92. The van der Waals surface area contributed by atoms with Gasteiger partial charge < -0.3 is 5.32 Å². The van der Waals surface area contributed by atoms with Crippen LogP contribution in [0.4, 0.5) is 15.8 Å². The lowest BCUT2D eigenvalue weighted by atomic mass is 10.1. The summed E-state index contributed by atoms with van der Waals surface area (Å²) in [6, 6.07) is 15.1. The Labute approximate surface area is 173 Å². The number of hydrogen-bond acceptors (Lipinski definition) is 3. The van der Waals surface area contributed by atoms with Crippen molar-refractivity contribution in [3.8, 4) is 0 Å². The van der Waals surface area contributed by atoms with E-state index in [-0.39, 0.29) is 15.5 Å². The van der Waals surface area contributed by atoms with Gasteiger partial charge in [-0.3, -0.25) is 9.52 Å². The van der Waals surface area contributed by atoms with E-state index in [9.17, 15) is 17.6 Å². The topological polar surface area (TPSA) is 75.3 Å². The molecule has 0 bridgehead atoms. The number of halogens is 2. The predicted octanol–water partition coefficient (Wildman–Crippen LogP) is 5.15. The maximum absolute atomic E-state index is 13.3. The summed E-state index contributed by atoms with van der Waals surface area (Å²) in [5.74, 6) is -1.14. The van der Waals surface area contributed by atoms with Crippen molar-refractivity contribution in [3.63, 3.8) is 0 Å². The van der Waals surface area contributed by atoms with E-state index in [0.717, 1.165) is 11.6 Å². The van der Waals surface area contributed by atoms with Crippen molar-refractivity contribution in [2.24, 2.45) is 0 Å². The fourth-order valence-corrected chi connectivity index (χ4v) is 4.23. The second kappa shape index (κ2) is 8.23. The zero-order chi connectivity index (χ0) is 21.2. The van der Waals surface area contributed by atoms with Gasteiger partial charge in [-0.2, -0.15) is 0 Å². The van der Waals surface area contributed by atoms with Gasteiger partial charge in [0, 0.05) is 16.9 Å². The Kier molecular flexibility index (Phi) is 5.91. The quantitative estimate of drug-likeness (QED) is 0.585. The molecule has 3 rings (SSSR count). The largest absolute Gasteiger partial charge is 0.322 e. The third kappa shape index (κ3) is 4.93. The molecule has 2 N–H and O–H groups in total. The van der Waals surface area contributed by atoms with Crippen LogP contribution in [0.3, 0.4) is 0 Å². The summed E-state index contributed by atoms with van der Waals surface area (Å²) in [7, 11) is -3.90. The molecule has 3 aromatic rings. The monoisotopic (exact) mass is 432 g/mol. The van der Waals surface area contributed by atoms with Crippen LogP contribution in [-0.2, 0) is 10.0 Å². The van der Waals surface area contributed by atoms with E-state index in [2.05, 4.69) is 10.0 Å². The smallest absolute Gasteiger partial charge is 0.262 e. The summed E-state index contributed by atoms with van der Waals surface area (Å²) in [6.07, 6.45) is 0. The van der Waals surface area contributed by atoms with Crippen molar-refractivity contribution >= 4 is 38.9 Å². The Morgan fingerprint density at radius 1 is 0.966 bits per heavy atom. The number of amides is 1. The maximum Gasteiger partial charge on any atom is 0.262 e. The van der Waals surface area contributed by atoms with Crippen LogP contribution in [0.1, 0.15) is 21.5 Å². The molecule has 0 aliphatic heterocycles. The van der Waals surface area contributed by atoms with Gasteiger partial charge in [-0.15, -0.1) is 0 Å². The van der Waals surface area contributed by atoms with Crippen LogP contribution in [0.15, 0.2) is 65.6 Å². The highest BCUT2D eigenvalue weighted by Gasteiger charge is 2.20. The average Bonchev–Trinajstić information content (AvgIpc) is 2.64. The molecule has 1 amide bonds. The number of hydrogen-bond donors (Lipinski definition) is 2. The number of benzene rings is 3. The highest BCUT2D eigenvalue weighted by atomic mass is 35.5. The van der Waals surface area contributed by atoms with Crippen LogP contribution in [-0.4, -0.2) is 14.3 Å². The summed E-state index contributed by atoms with van der Waals surface area (Å²) in [4.78, 5) is 12.5. The van der Waals surface area contributed by atoms with Gasteiger partial charge in [0.1, 0.15) is 5.82 Å². The first-order valence-electron chi connectivity index (χ1n) is 8.62. The lowest BCUT2D eigenvalue weighted by Crippen LogP contribution is -2.17. The number of nitrogens with one attached hydrogen (secondary N) is 2. The number of carbonyl (C=O) groups is 1. The molecule has 5 nitrogen and oxygen atoms in total. The molecule has 3 aromatic carbocycles. The standard InChI is InChI=1S/C21H18ClFN2O3S/c1-13-4-3-5-17(10-13)25-29(27,28)20-11-15(7-6-14(20)2)21(26)24-16-8-9-19(23)18(22)12-16/h3-12,25H,1-2H3,(H,24,26). The summed E-state index contributed by atoms with van der Waals surface area (Å²) in [5.41, 5.74) is 2.27. The Morgan fingerprint density at radius 2 is 1.72 bits per heavy atom. The molecular formula is C21H18ClFN2O3S. The Hall–Kier alpha value is -2.90. The van der Waals surface area contributed by atoms with Gasteiger partial charge in [0.05, 0.1) is 9.92 Å². The summed E-state index contributed by atoms with van der Waals surface area (Å²) < 4.78 is 41.5. The van der Waals surface area contributed by atoms with Crippen LogP contribution in [0, 0.1) is 19.7 Å². The first kappa shape index (κ1) is 20.8. The molecule has 0 aliphatic carbocycles. The first-order chi connectivity index (χ1) is 13.7. The number of anilines is 2. The fraction of sp³-hybridized carbons (Fsp3) is 0.0952. The van der Waals surface area contributed by atoms with Gasteiger partial charge in [-0.1, -0.05) is 29.8 Å². The van der Waals surface area contributed by atoms with Gasteiger partial charge in [-0.25, -0.2) is 12.8 Å². The van der Waals surface area contributed by atoms with E-state index in [1.54, 1.807) is 31.2 Å². The minimum Gasteiger partial charge on any atom is -0.322 e. The molecule has 29 heavy (non-hydrogen) atoms. The molecule has 0 radical (unpaired) electrons. The van der Waals surface area contributed by atoms with Crippen molar-refractivity contribution in [1.82, 2.24) is 0 Å². The minimum atomic E-state index is -3.90. The van der Waals surface area contributed by atoms with E-state index in [1.807, 2.05) is 13.0 Å². The molecule has 0 atom stereocenters. The maximum atomic E-state index is 13.3. The Morgan fingerprint density at radius 3 is 2.41 bits per heavy atom. The summed E-state index contributed by atoms with van der Waals surface area (Å²) >= 11 is 5.72. The van der Waals surface area contributed by atoms with E-state index < -0.39 is 21.7 Å². The van der Waals surface area contributed by atoms with Crippen molar-refractivity contribution < 1.29 is 17.6 Å². The van der Waals surface area contributed by atoms with E-state index >= 15 is 0 Å². The third-order valence-corrected chi connectivity index (χ3v) is 6.00. The highest BCUT2D eigenvalue weighted by Crippen LogP contribution is 2.23. The molecule has 0 saturated carbocycles. The Bertz CT molecular complexity index is 1200. The summed E-state index contributed by atoms with van der Waals surface area (Å²) in [6.45, 7) is 3.50. The first-order valence-corrected chi connectivity index (χ1v) is 10.5. The van der Waals surface area contributed by atoms with Crippen molar-refractivity contribution in [2.75, 3.05) is 10.0 Å².